The monoisotopic (exact) mass is 396 g/mol. The molecule has 144 valence electrons. The van der Waals surface area contributed by atoms with Gasteiger partial charge in [-0.25, -0.2) is 4.39 Å². The minimum Gasteiger partial charge on any atom is -0.326 e. The molecule has 2 unspecified atom stereocenters. The number of amides is 1. The lowest BCUT2D eigenvalue weighted by atomic mass is 9.88. The highest BCUT2D eigenvalue weighted by Gasteiger charge is 2.34. The highest BCUT2D eigenvalue weighted by molar-refractivity contribution is 5.94. The van der Waals surface area contributed by atoms with Crippen LogP contribution >= 0.6 is 12.4 Å². The molecule has 0 bridgehead atoms. The molecule has 1 fully saturated rings. The van der Waals surface area contributed by atoms with E-state index in [0.29, 0.717) is 13.1 Å². The van der Waals surface area contributed by atoms with Crippen LogP contribution < -0.4 is 10.6 Å². The Bertz CT molecular complexity index is 931. The molecule has 1 aliphatic heterocycles. The second-order valence-electron chi connectivity index (χ2n) is 6.86. The number of nitrogens with one attached hydrogen (secondary N) is 2. The van der Waals surface area contributed by atoms with Crippen LogP contribution in [-0.4, -0.2) is 19.0 Å². The molecule has 5 heteroatoms. The molecule has 1 amide bonds. The topological polar surface area (TPSA) is 41.1 Å². The van der Waals surface area contributed by atoms with E-state index in [2.05, 4.69) is 10.6 Å². The normalized spacial score (nSPS) is 18.3. The number of rotatable bonds is 4. The molecular formula is C23H22ClFN2O. The summed E-state index contributed by atoms with van der Waals surface area (Å²) in [5, 5.41) is 6.34. The first kappa shape index (κ1) is 20.1. The van der Waals surface area contributed by atoms with Gasteiger partial charge in [-0.3, -0.25) is 4.79 Å². The Labute approximate surface area is 170 Å². The number of carbonyl (C=O) groups is 1. The van der Waals surface area contributed by atoms with Gasteiger partial charge < -0.3 is 10.6 Å². The average Bonchev–Trinajstić information content (AvgIpc) is 3.19. The lowest BCUT2D eigenvalue weighted by Gasteiger charge is -2.19. The third kappa shape index (κ3) is 4.41. The first-order valence-electron chi connectivity index (χ1n) is 9.13. The fraction of sp³-hybridized carbons (Fsp3) is 0.174. The minimum absolute atomic E-state index is 0. The van der Waals surface area contributed by atoms with E-state index in [0.717, 1.165) is 22.4 Å². The van der Waals surface area contributed by atoms with Crippen molar-refractivity contribution < 1.29 is 9.18 Å². The quantitative estimate of drug-likeness (QED) is 0.661. The van der Waals surface area contributed by atoms with Crippen molar-refractivity contribution in [3.8, 4) is 11.1 Å². The zero-order chi connectivity index (χ0) is 18.6. The van der Waals surface area contributed by atoms with Gasteiger partial charge in [0.25, 0.3) is 0 Å². The Morgan fingerprint density at radius 1 is 0.893 bits per heavy atom. The van der Waals surface area contributed by atoms with E-state index in [4.69, 9.17) is 0 Å². The van der Waals surface area contributed by atoms with Crippen LogP contribution in [-0.2, 0) is 4.79 Å². The summed E-state index contributed by atoms with van der Waals surface area (Å²) < 4.78 is 13.2. The summed E-state index contributed by atoms with van der Waals surface area (Å²) in [6.45, 7) is 1.33. The maximum Gasteiger partial charge on any atom is 0.229 e. The van der Waals surface area contributed by atoms with Crippen LogP contribution in [0.1, 0.15) is 11.5 Å². The van der Waals surface area contributed by atoms with Gasteiger partial charge >= 0.3 is 0 Å². The highest BCUT2D eigenvalue weighted by atomic mass is 35.5. The summed E-state index contributed by atoms with van der Waals surface area (Å²) in [6.07, 6.45) is 0. The molecule has 0 radical (unpaired) electrons. The fourth-order valence-electron chi connectivity index (χ4n) is 3.66. The third-order valence-electron chi connectivity index (χ3n) is 5.09. The van der Waals surface area contributed by atoms with Crippen molar-refractivity contribution in [2.75, 3.05) is 18.4 Å². The molecule has 2 atom stereocenters. The van der Waals surface area contributed by atoms with Crippen LogP contribution in [0.25, 0.3) is 11.1 Å². The molecule has 0 aliphatic carbocycles. The number of hydrogen-bond donors (Lipinski definition) is 2. The summed E-state index contributed by atoms with van der Waals surface area (Å²) >= 11 is 0. The fourth-order valence-corrected chi connectivity index (χ4v) is 3.66. The molecule has 3 nitrogen and oxygen atoms in total. The molecule has 3 aromatic carbocycles. The summed E-state index contributed by atoms with van der Waals surface area (Å²) in [5.41, 5.74) is 3.94. The second kappa shape index (κ2) is 9.00. The van der Waals surface area contributed by atoms with Crippen molar-refractivity contribution in [2.24, 2.45) is 5.92 Å². The molecule has 0 spiro atoms. The number of hydrogen-bond acceptors (Lipinski definition) is 2. The van der Waals surface area contributed by atoms with E-state index in [1.165, 1.54) is 12.1 Å². The van der Waals surface area contributed by atoms with E-state index in [1.54, 1.807) is 12.1 Å². The molecule has 1 heterocycles. The van der Waals surface area contributed by atoms with E-state index in [1.807, 2.05) is 54.6 Å². The molecule has 1 aliphatic rings. The predicted octanol–water partition coefficient (Wildman–Crippen LogP) is 4.86. The van der Waals surface area contributed by atoms with Crippen molar-refractivity contribution in [1.82, 2.24) is 5.32 Å². The molecule has 4 rings (SSSR count). The summed E-state index contributed by atoms with van der Waals surface area (Å²) in [7, 11) is 0. The van der Waals surface area contributed by atoms with Gasteiger partial charge in [0.15, 0.2) is 0 Å². The van der Waals surface area contributed by atoms with Gasteiger partial charge in [0, 0.05) is 24.7 Å². The Morgan fingerprint density at radius 3 is 2.36 bits per heavy atom. The molecule has 1 saturated heterocycles. The predicted molar refractivity (Wildman–Crippen MR) is 113 cm³/mol. The standard InChI is InChI=1S/C23H21FN2O.ClH/c24-19-11-9-17(10-12-19)21-14-25-15-22(21)23(27)26-20-8-4-7-18(13-20)16-5-2-1-3-6-16;/h1-13,21-22,25H,14-15H2,(H,26,27);1H. The first-order valence-corrected chi connectivity index (χ1v) is 9.13. The Kier molecular flexibility index (Phi) is 6.45. The van der Waals surface area contributed by atoms with Gasteiger partial charge in [-0.2, -0.15) is 0 Å². The number of benzene rings is 3. The van der Waals surface area contributed by atoms with Crippen molar-refractivity contribution in [3.05, 3.63) is 90.2 Å². The number of carbonyl (C=O) groups excluding carboxylic acids is 1. The molecule has 28 heavy (non-hydrogen) atoms. The van der Waals surface area contributed by atoms with Crippen molar-refractivity contribution in [3.63, 3.8) is 0 Å². The lowest BCUT2D eigenvalue weighted by molar-refractivity contribution is -0.119. The van der Waals surface area contributed by atoms with Gasteiger partial charge in [-0.05, 0) is 41.0 Å². The van der Waals surface area contributed by atoms with Crippen LogP contribution in [0.2, 0.25) is 0 Å². The van der Waals surface area contributed by atoms with Crippen LogP contribution in [0.3, 0.4) is 0 Å². The van der Waals surface area contributed by atoms with Gasteiger partial charge in [0.2, 0.25) is 5.91 Å². The SMILES string of the molecule is Cl.O=C(Nc1cccc(-c2ccccc2)c1)C1CNCC1c1ccc(F)cc1. The third-order valence-corrected chi connectivity index (χ3v) is 5.09. The van der Waals surface area contributed by atoms with Crippen molar-refractivity contribution in [2.45, 2.75) is 5.92 Å². The lowest BCUT2D eigenvalue weighted by Crippen LogP contribution is -2.28. The van der Waals surface area contributed by atoms with Crippen molar-refractivity contribution >= 4 is 24.0 Å². The van der Waals surface area contributed by atoms with Crippen LogP contribution in [0.15, 0.2) is 78.9 Å². The van der Waals surface area contributed by atoms with E-state index in [9.17, 15) is 9.18 Å². The van der Waals surface area contributed by atoms with Crippen LogP contribution in [0, 0.1) is 11.7 Å². The Morgan fingerprint density at radius 2 is 1.61 bits per heavy atom. The zero-order valence-electron chi connectivity index (χ0n) is 15.3. The largest absolute Gasteiger partial charge is 0.326 e. The van der Waals surface area contributed by atoms with Crippen molar-refractivity contribution in [1.29, 1.82) is 0 Å². The molecule has 0 saturated carbocycles. The van der Waals surface area contributed by atoms with Gasteiger partial charge in [-0.1, -0.05) is 54.6 Å². The van der Waals surface area contributed by atoms with Crippen LogP contribution in [0.4, 0.5) is 10.1 Å². The summed E-state index contributed by atoms with van der Waals surface area (Å²) in [6, 6.07) is 24.4. The van der Waals surface area contributed by atoms with Gasteiger partial charge in [-0.15, -0.1) is 12.4 Å². The maximum atomic E-state index is 13.2. The second-order valence-corrected chi connectivity index (χ2v) is 6.86. The average molecular weight is 397 g/mol. The zero-order valence-corrected chi connectivity index (χ0v) is 16.1. The van der Waals surface area contributed by atoms with Crippen LogP contribution in [0.5, 0.6) is 0 Å². The smallest absolute Gasteiger partial charge is 0.229 e. The Hall–Kier alpha value is -2.69. The maximum absolute atomic E-state index is 13.2. The molecule has 0 aromatic heterocycles. The first-order chi connectivity index (χ1) is 13.2. The molecule has 3 aromatic rings. The summed E-state index contributed by atoms with van der Waals surface area (Å²) in [4.78, 5) is 12.9. The summed E-state index contributed by atoms with van der Waals surface area (Å²) in [5.74, 6) is -0.415. The van der Waals surface area contributed by atoms with Gasteiger partial charge in [0.1, 0.15) is 5.82 Å². The van der Waals surface area contributed by atoms with E-state index >= 15 is 0 Å². The Balaban J connectivity index is 0.00000225. The number of anilines is 1. The highest BCUT2D eigenvalue weighted by Crippen LogP contribution is 2.30. The minimum atomic E-state index is -0.261. The van der Waals surface area contributed by atoms with E-state index in [-0.39, 0.29) is 36.0 Å². The molecule has 2 N–H and O–H groups in total. The molecular weight excluding hydrogens is 375 g/mol. The van der Waals surface area contributed by atoms with Gasteiger partial charge in [0.05, 0.1) is 5.92 Å². The number of halogens is 2. The van der Waals surface area contributed by atoms with E-state index < -0.39 is 0 Å².